The van der Waals surface area contributed by atoms with Crippen molar-refractivity contribution in [2.75, 3.05) is 11.9 Å². The number of nitrogens with one attached hydrogen (secondary N) is 2. The third-order valence-electron chi connectivity index (χ3n) is 7.52. The Balaban J connectivity index is 1.48. The molecule has 3 amide bonds. The number of fused-ring (bicyclic) bond motifs is 1. The van der Waals surface area contributed by atoms with Crippen molar-refractivity contribution in [1.29, 1.82) is 0 Å². The summed E-state index contributed by atoms with van der Waals surface area (Å²) in [4.78, 5) is 83.2. The smallest absolute Gasteiger partial charge is 0.437 e. The number of hydrogen-bond donors (Lipinski definition) is 2. The first-order chi connectivity index (χ1) is 28.1. The summed E-state index contributed by atoms with van der Waals surface area (Å²) in [5.74, 6) is -2.17. The largest absolute Gasteiger partial charge is 0.459 e. The maximum Gasteiger partial charge on any atom is 0.437 e. The predicted molar refractivity (Wildman–Crippen MR) is 232 cm³/mol. The highest BCUT2D eigenvalue weighted by Crippen LogP contribution is 2.26. The standard InChI is InChI=1S/C45H54N4O11S/c1-42(2,3)57-35(50)25-49(24-27-21-34(61-26-27)38(53)58-43(4,5)6)36(51)31-14-13-30-23-33(20-17-29(30)22-31)56-37(52)28-15-18-32(19-16-28)46-39(47-40(54)59-44(7,8)9)48-41(55)60-45(10,11)12/h13-23,26H,24-25H2,1-12H3,(H2,46,47,48,54,55). The van der Waals surface area contributed by atoms with Crippen LogP contribution in [0.15, 0.2) is 77.1 Å². The number of thiophene rings is 1. The van der Waals surface area contributed by atoms with Gasteiger partial charge in [-0.2, -0.15) is 0 Å². The highest BCUT2D eigenvalue weighted by atomic mass is 32.1. The van der Waals surface area contributed by atoms with Gasteiger partial charge in [0.1, 0.15) is 39.6 Å². The van der Waals surface area contributed by atoms with Crippen LogP contribution in [0.5, 0.6) is 5.75 Å². The molecule has 0 aliphatic carbocycles. The van der Waals surface area contributed by atoms with Crippen molar-refractivity contribution in [3.63, 3.8) is 0 Å². The lowest BCUT2D eigenvalue weighted by Crippen LogP contribution is -2.40. The summed E-state index contributed by atoms with van der Waals surface area (Å²) >= 11 is 1.19. The van der Waals surface area contributed by atoms with E-state index >= 15 is 0 Å². The monoisotopic (exact) mass is 858 g/mol. The van der Waals surface area contributed by atoms with Gasteiger partial charge in [-0.25, -0.2) is 19.2 Å². The van der Waals surface area contributed by atoms with Gasteiger partial charge in [-0.3, -0.25) is 14.9 Å². The number of hydrogen-bond acceptors (Lipinski definition) is 12. The van der Waals surface area contributed by atoms with E-state index in [1.807, 2.05) is 0 Å². The van der Waals surface area contributed by atoms with Crippen LogP contribution >= 0.6 is 11.3 Å². The van der Waals surface area contributed by atoms with Crippen LogP contribution in [-0.2, 0) is 30.3 Å². The molecule has 15 nitrogen and oxygen atoms in total. The van der Waals surface area contributed by atoms with Crippen LogP contribution in [0.4, 0.5) is 15.3 Å². The van der Waals surface area contributed by atoms with Crippen molar-refractivity contribution in [3.8, 4) is 5.75 Å². The van der Waals surface area contributed by atoms with Crippen molar-refractivity contribution in [2.24, 2.45) is 4.99 Å². The van der Waals surface area contributed by atoms with Gasteiger partial charge in [0.25, 0.3) is 5.91 Å². The normalized spacial score (nSPS) is 12.2. The number of carbonyl (C=O) groups excluding carboxylic acids is 6. The van der Waals surface area contributed by atoms with Crippen molar-refractivity contribution in [2.45, 2.75) is 112 Å². The van der Waals surface area contributed by atoms with Gasteiger partial charge in [-0.1, -0.05) is 12.1 Å². The number of carbonyl (C=O) groups is 6. The van der Waals surface area contributed by atoms with E-state index in [1.165, 1.54) is 40.5 Å². The number of amides is 3. The topological polar surface area (TPSA) is 188 Å². The fourth-order valence-electron chi connectivity index (χ4n) is 5.30. The number of alkyl carbamates (subject to hydrolysis) is 1. The molecule has 4 aromatic rings. The maximum atomic E-state index is 14.0. The minimum atomic E-state index is -0.949. The summed E-state index contributed by atoms with van der Waals surface area (Å²) in [6.07, 6.45) is -1.80. The SMILES string of the molecule is CC(C)(C)OC(=O)CN(Cc1csc(C(=O)OC(C)(C)C)c1)C(=O)c1ccc2cc(OC(=O)c3ccc(NC(=NC(=O)OC(C)(C)C)NC(=O)OC(C)(C)C)cc3)ccc2c1. The summed E-state index contributed by atoms with van der Waals surface area (Å²) in [5.41, 5.74) is -1.57. The Kier molecular flexibility index (Phi) is 14.7. The van der Waals surface area contributed by atoms with Gasteiger partial charge in [0.2, 0.25) is 5.96 Å². The zero-order valence-corrected chi connectivity index (χ0v) is 37.5. The fourth-order valence-corrected chi connectivity index (χ4v) is 6.08. The molecule has 0 saturated carbocycles. The van der Waals surface area contributed by atoms with Crippen LogP contribution in [-0.4, -0.2) is 75.8 Å². The molecule has 0 aliphatic heterocycles. The molecule has 326 valence electrons. The van der Waals surface area contributed by atoms with E-state index in [-0.39, 0.29) is 30.4 Å². The summed E-state index contributed by atoms with van der Waals surface area (Å²) < 4.78 is 27.2. The fraction of sp³-hybridized carbons (Fsp3) is 0.400. The van der Waals surface area contributed by atoms with E-state index in [4.69, 9.17) is 23.7 Å². The molecule has 0 radical (unpaired) electrons. The number of aliphatic imine (C=N–C) groups is 1. The van der Waals surface area contributed by atoms with Crippen LogP contribution < -0.4 is 15.4 Å². The van der Waals surface area contributed by atoms with Gasteiger partial charge in [-0.15, -0.1) is 16.3 Å². The highest BCUT2D eigenvalue weighted by Gasteiger charge is 2.26. The van der Waals surface area contributed by atoms with Gasteiger partial charge in [0.15, 0.2) is 0 Å². The van der Waals surface area contributed by atoms with E-state index in [2.05, 4.69) is 15.6 Å². The molecular formula is C45H54N4O11S. The van der Waals surface area contributed by atoms with Crippen LogP contribution in [0.25, 0.3) is 10.8 Å². The number of guanidine groups is 1. The molecule has 3 aromatic carbocycles. The Hall–Kier alpha value is -6.29. The minimum Gasteiger partial charge on any atom is -0.459 e. The van der Waals surface area contributed by atoms with Gasteiger partial charge >= 0.3 is 30.1 Å². The average Bonchev–Trinajstić information content (AvgIpc) is 3.57. The number of ether oxygens (including phenoxy) is 5. The zero-order valence-electron chi connectivity index (χ0n) is 36.6. The van der Waals surface area contributed by atoms with Crippen LogP contribution in [0.1, 0.15) is 119 Å². The lowest BCUT2D eigenvalue weighted by molar-refractivity contribution is -0.155. The molecule has 16 heteroatoms. The van der Waals surface area contributed by atoms with Crippen molar-refractivity contribution in [3.05, 3.63) is 93.7 Å². The van der Waals surface area contributed by atoms with E-state index in [0.717, 1.165) is 0 Å². The predicted octanol–water partition coefficient (Wildman–Crippen LogP) is 9.29. The zero-order chi connectivity index (χ0) is 45.5. The van der Waals surface area contributed by atoms with E-state index < -0.39 is 58.4 Å². The molecule has 0 bridgehead atoms. The molecule has 0 spiro atoms. The third kappa shape index (κ3) is 16.0. The molecule has 0 saturated heterocycles. The molecule has 2 N–H and O–H groups in total. The van der Waals surface area contributed by atoms with Gasteiger partial charge < -0.3 is 33.9 Å². The Morgan fingerprint density at radius 2 is 1.21 bits per heavy atom. The van der Waals surface area contributed by atoms with Crippen molar-refractivity contribution >= 4 is 69.8 Å². The number of anilines is 1. The molecule has 1 heterocycles. The van der Waals surface area contributed by atoms with E-state index in [0.29, 0.717) is 32.5 Å². The first-order valence-electron chi connectivity index (χ1n) is 19.4. The maximum absolute atomic E-state index is 14.0. The molecule has 61 heavy (non-hydrogen) atoms. The van der Waals surface area contributed by atoms with E-state index in [9.17, 15) is 28.8 Å². The highest BCUT2D eigenvalue weighted by molar-refractivity contribution is 7.12. The Morgan fingerprint density at radius 3 is 1.82 bits per heavy atom. The second-order valence-electron chi connectivity index (χ2n) is 18.0. The molecular weight excluding hydrogens is 805 g/mol. The Morgan fingerprint density at radius 1 is 0.639 bits per heavy atom. The van der Waals surface area contributed by atoms with E-state index in [1.54, 1.807) is 131 Å². The minimum absolute atomic E-state index is 0.0329. The Bertz CT molecular complexity index is 2310. The average molecular weight is 859 g/mol. The number of esters is 3. The molecule has 0 fully saturated rings. The molecule has 4 rings (SSSR count). The van der Waals surface area contributed by atoms with Gasteiger partial charge in [0.05, 0.1) is 5.56 Å². The van der Waals surface area contributed by atoms with Crippen molar-refractivity contribution in [1.82, 2.24) is 10.2 Å². The summed E-state index contributed by atoms with van der Waals surface area (Å²) in [7, 11) is 0. The molecule has 0 atom stereocenters. The lowest BCUT2D eigenvalue weighted by atomic mass is 10.1. The molecule has 0 aliphatic rings. The van der Waals surface area contributed by atoms with Crippen LogP contribution in [0.3, 0.4) is 0 Å². The first-order valence-corrected chi connectivity index (χ1v) is 20.3. The van der Waals surface area contributed by atoms with Gasteiger partial charge in [-0.05, 0) is 159 Å². The summed E-state index contributed by atoms with van der Waals surface area (Å²) in [6.45, 7) is 20.3. The summed E-state index contributed by atoms with van der Waals surface area (Å²) in [5, 5.41) is 8.32. The molecule has 0 unspecified atom stereocenters. The second kappa shape index (κ2) is 19.0. The quantitative estimate of drug-likeness (QED) is 0.0535. The van der Waals surface area contributed by atoms with Crippen LogP contribution in [0, 0.1) is 0 Å². The van der Waals surface area contributed by atoms with Crippen molar-refractivity contribution < 1.29 is 52.5 Å². The second-order valence-corrected chi connectivity index (χ2v) is 18.9. The van der Waals surface area contributed by atoms with Gasteiger partial charge in [0, 0.05) is 17.8 Å². The number of rotatable bonds is 9. The van der Waals surface area contributed by atoms with Crippen LogP contribution in [0.2, 0.25) is 0 Å². The molecule has 1 aromatic heterocycles. The Labute approximate surface area is 359 Å². The summed E-state index contributed by atoms with van der Waals surface area (Å²) in [6, 6.07) is 17.6. The lowest BCUT2D eigenvalue weighted by Gasteiger charge is -2.25. The number of benzene rings is 3. The first kappa shape index (κ1) is 47.4. The number of nitrogens with zero attached hydrogens (tertiary/aromatic N) is 2. The third-order valence-corrected chi connectivity index (χ3v) is 8.48.